The molecule has 0 amide bonds. The lowest BCUT2D eigenvalue weighted by Crippen LogP contribution is -2.48. The van der Waals surface area contributed by atoms with E-state index in [9.17, 15) is 8.42 Å². The zero-order valence-electron chi connectivity index (χ0n) is 12.5. The number of sulfonamides is 1. The highest BCUT2D eigenvalue weighted by Gasteiger charge is 2.29. The van der Waals surface area contributed by atoms with E-state index < -0.39 is 10.0 Å². The molecule has 0 bridgehead atoms. The minimum Gasteiger partial charge on any atom is -0.354 e. The van der Waals surface area contributed by atoms with Gasteiger partial charge in [-0.15, -0.1) is 0 Å². The monoisotopic (exact) mass is 321 g/mol. The van der Waals surface area contributed by atoms with Crippen molar-refractivity contribution in [2.75, 3.05) is 31.1 Å². The van der Waals surface area contributed by atoms with E-state index in [1.807, 2.05) is 25.1 Å². The van der Waals surface area contributed by atoms with Crippen molar-refractivity contribution in [3.05, 3.63) is 36.8 Å². The lowest BCUT2D eigenvalue weighted by atomic mass is 10.3. The molecule has 1 aliphatic heterocycles. The zero-order chi connectivity index (χ0) is 15.6. The Bertz CT molecular complexity index is 721. The summed E-state index contributed by atoms with van der Waals surface area (Å²) in [4.78, 5) is 6.67. The molecule has 22 heavy (non-hydrogen) atoms. The Labute approximate surface area is 130 Å². The molecule has 1 aliphatic rings. The highest BCUT2D eigenvalue weighted by atomic mass is 32.2. The minimum absolute atomic E-state index is 0.264. The summed E-state index contributed by atoms with van der Waals surface area (Å²) in [7, 11) is -3.45. The first-order chi connectivity index (χ1) is 10.6. The van der Waals surface area contributed by atoms with Crippen LogP contribution < -0.4 is 4.90 Å². The van der Waals surface area contributed by atoms with Gasteiger partial charge in [0.25, 0.3) is 0 Å². The normalized spacial score (nSPS) is 16.9. The third kappa shape index (κ3) is 2.84. The van der Waals surface area contributed by atoms with Crippen molar-refractivity contribution in [3.63, 3.8) is 0 Å². The third-order valence-corrected chi connectivity index (χ3v) is 5.63. The molecule has 1 saturated heterocycles. The van der Waals surface area contributed by atoms with Crippen molar-refractivity contribution in [1.82, 2.24) is 19.1 Å². The maximum atomic E-state index is 12.6. The first-order valence-electron chi connectivity index (χ1n) is 7.30. The lowest BCUT2D eigenvalue weighted by molar-refractivity contribution is 0.384. The molecule has 3 heterocycles. The summed E-state index contributed by atoms with van der Waals surface area (Å²) in [6, 6.07) is 5.75. The molecular formula is C14H19N5O2S. The van der Waals surface area contributed by atoms with Crippen LogP contribution in [-0.2, 0) is 16.6 Å². The van der Waals surface area contributed by atoms with Crippen LogP contribution in [0.3, 0.4) is 0 Å². The molecule has 1 fully saturated rings. The van der Waals surface area contributed by atoms with Crippen LogP contribution in [0.4, 0.5) is 5.82 Å². The van der Waals surface area contributed by atoms with Crippen LogP contribution in [-0.4, -0.2) is 53.7 Å². The number of pyridine rings is 1. The number of hydrogen-bond acceptors (Lipinski definition) is 5. The molecule has 7 nitrogen and oxygen atoms in total. The smallest absolute Gasteiger partial charge is 0.246 e. The van der Waals surface area contributed by atoms with Crippen LogP contribution in [0.25, 0.3) is 0 Å². The van der Waals surface area contributed by atoms with Gasteiger partial charge in [-0.05, 0) is 19.1 Å². The molecule has 0 atom stereocenters. The van der Waals surface area contributed by atoms with Crippen LogP contribution in [0.5, 0.6) is 0 Å². The van der Waals surface area contributed by atoms with Gasteiger partial charge in [0.2, 0.25) is 10.0 Å². The summed E-state index contributed by atoms with van der Waals surface area (Å²) >= 11 is 0. The van der Waals surface area contributed by atoms with Crippen molar-refractivity contribution in [1.29, 1.82) is 0 Å². The molecule has 2 aromatic rings. The van der Waals surface area contributed by atoms with Gasteiger partial charge in [-0.3, -0.25) is 4.68 Å². The predicted octanol–water partition coefficient (Wildman–Crippen LogP) is 0.809. The molecule has 0 radical (unpaired) electrons. The van der Waals surface area contributed by atoms with Crippen LogP contribution in [0, 0.1) is 0 Å². The number of nitrogens with zero attached hydrogens (tertiary/aromatic N) is 5. The Morgan fingerprint density at radius 1 is 1.18 bits per heavy atom. The standard InChI is InChI=1S/C14H19N5O2S/c1-2-18-12-13(11-16-18)22(20,21)19-9-7-17(8-10-19)14-5-3-4-6-15-14/h3-6,11-12H,2,7-10H2,1H3. The average molecular weight is 321 g/mol. The van der Waals surface area contributed by atoms with Gasteiger partial charge < -0.3 is 4.90 Å². The summed E-state index contributed by atoms with van der Waals surface area (Å²) in [6.45, 7) is 4.76. The summed E-state index contributed by atoms with van der Waals surface area (Å²) in [5.74, 6) is 0.887. The van der Waals surface area contributed by atoms with Gasteiger partial charge in [0.15, 0.2) is 0 Å². The van der Waals surface area contributed by atoms with Crippen LogP contribution in [0.1, 0.15) is 6.92 Å². The molecule has 3 rings (SSSR count). The van der Waals surface area contributed by atoms with Crippen molar-refractivity contribution >= 4 is 15.8 Å². The van der Waals surface area contributed by atoms with E-state index in [4.69, 9.17) is 0 Å². The van der Waals surface area contributed by atoms with Gasteiger partial charge in [-0.1, -0.05) is 6.07 Å². The highest BCUT2D eigenvalue weighted by Crippen LogP contribution is 2.19. The Morgan fingerprint density at radius 2 is 1.95 bits per heavy atom. The highest BCUT2D eigenvalue weighted by molar-refractivity contribution is 7.89. The van der Waals surface area contributed by atoms with Gasteiger partial charge in [-0.25, -0.2) is 13.4 Å². The molecular weight excluding hydrogens is 302 g/mol. The molecule has 2 aromatic heterocycles. The van der Waals surface area contributed by atoms with Crippen molar-refractivity contribution in [2.24, 2.45) is 0 Å². The fourth-order valence-electron chi connectivity index (χ4n) is 2.50. The third-order valence-electron chi connectivity index (χ3n) is 3.78. The lowest BCUT2D eigenvalue weighted by Gasteiger charge is -2.34. The summed E-state index contributed by atoms with van der Waals surface area (Å²) in [6.07, 6.45) is 4.75. The number of rotatable bonds is 4. The number of piperazine rings is 1. The van der Waals surface area contributed by atoms with E-state index in [1.54, 1.807) is 17.1 Å². The second-order valence-electron chi connectivity index (χ2n) is 5.11. The van der Waals surface area contributed by atoms with Gasteiger partial charge in [0, 0.05) is 45.1 Å². The van der Waals surface area contributed by atoms with Crippen LogP contribution >= 0.6 is 0 Å². The minimum atomic E-state index is -3.45. The van der Waals surface area contributed by atoms with Gasteiger partial charge in [0.05, 0.1) is 6.20 Å². The largest absolute Gasteiger partial charge is 0.354 e. The SMILES string of the molecule is CCn1cc(S(=O)(=O)N2CCN(c3ccccn3)CC2)cn1. The number of hydrogen-bond donors (Lipinski definition) is 0. The first-order valence-corrected chi connectivity index (χ1v) is 8.74. The molecule has 0 aliphatic carbocycles. The summed E-state index contributed by atoms with van der Waals surface area (Å²) in [5.41, 5.74) is 0. The molecule has 0 aromatic carbocycles. The quantitative estimate of drug-likeness (QED) is 0.833. The van der Waals surface area contributed by atoms with E-state index in [2.05, 4.69) is 15.0 Å². The van der Waals surface area contributed by atoms with Gasteiger partial charge in [0.1, 0.15) is 10.7 Å². The molecule has 0 spiro atoms. The van der Waals surface area contributed by atoms with E-state index in [-0.39, 0.29) is 4.90 Å². The van der Waals surface area contributed by atoms with E-state index in [0.29, 0.717) is 32.7 Å². The Balaban J connectivity index is 1.70. The molecule has 0 N–H and O–H groups in total. The van der Waals surface area contributed by atoms with Crippen molar-refractivity contribution in [2.45, 2.75) is 18.4 Å². The second kappa shape index (κ2) is 6.05. The fraction of sp³-hybridized carbons (Fsp3) is 0.429. The predicted molar refractivity (Wildman–Crippen MR) is 83.1 cm³/mol. The maximum Gasteiger partial charge on any atom is 0.246 e. The number of aryl methyl sites for hydroxylation is 1. The van der Waals surface area contributed by atoms with E-state index in [1.165, 1.54) is 10.5 Å². The topological polar surface area (TPSA) is 71.3 Å². The molecule has 0 saturated carbocycles. The van der Waals surface area contributed by atoms with E-state index >= 15 is 0 Å². The Kier molecular flexibility index (Phi) is 4.12. The van der Waals surface area contributed by atoms with Crippen LogP contribution in [0.15, 0.2) is 41.7 Å². The summed E-state index contributed by atoms with van der Waals surface area (Å²) < 4.78 is 28.3. The van der Waals surface area contributed by atoms with Crippen molar-refractivity contribution < 1.29 is 8.42 Å². The average Bonchev–Trinajstić information content (AvgIpc) is 3.06. The van der Waals surface area contributed by atoms with E-state index in [0.717, 1.165) is 5.82 Å². The van der Waals surface area contributed by atoms with Gasteiger partial charge >= 0.3 is 0 Å². The van der Waals surface area contributed by atoms with Crippen molar-refractivity contribution in [3.8, 4) is 0 Å². The second-order valence-corrected chi connectivity index (χ2v) is 7.05. The molecule has 8 heteroatoms. The fourth-order valence-corrected chi connectivity index (χ4v) is 3.88. The Morgan fingerprint density at radius 3 is 2.55 bits per heavy atom. The zero-order valence-corrected chi connectivity index (χ0v) is 13.3. The summed E-state index contributed by atoms with van der Waals surface area (Å²) in [5, 5.41) is 4.05. The van der Waals surface area contributed by atoms with Crippen LogP contribution in [0.2, 0.25) is 0 Å². The Hall–Kier alpha value is -1.93. The molecule has 118 valence electrons. The van der Waals surface area contributed by atoms with Gasteiger partial charge in [-0.2, -0.15) is 9.40 Å². The first kappa shape index (κ1) is 15.0. The number of aromatic nitrogens is 3. The molecule has 0 unspecified atom stereocenters. The number of anilines is 1. The maximum absolute atomic E-state index is 12.6.